The molecule has 130 valence electrons. The van der Waals surface area contributed by atoms with Gasteiger partial charge in [0.2, 0.25) is 5.91 Å². The van der Waals surface area contributed by atoms with Crippen molar-refractivity contribution in [1.82, 2.24) is 20.9 Å². The van der Waals surface area contributed by atoms with E-state index in [0.29, 0.717) is 19.6 Å². The van der Waals surface area contributed by atoms with Crippen molar-refractivity contribution in [2.24, 2.45) is 10.4 Å². The van der Waals surface area contributed by atoms with Gasteiger partial charge in [0.15, 0.2) is 5.96 Å². The third kappa shape index (κ3) is 6.99. The van der Waals surface area contributed by atoms with Crippen LogP contribution in [-0.2, 0) is 11.3 Å². The fourth-order valence-electron chi connectivity index (χ4n) is 1.83. The lowest BCUT2D eigenvalue weighted by molar-refractivity contribution is -0.128. The van der Waals surface area contributed by atoms with E-state index in [1.165, 1.54) is 4.88 Å². The van der Waals surface area contributed by atoms with E-state index in [1.54, 1.807) is 11.3 Å². The molecule has 0 aliphatic heterocycles. The lowest BCUT2D eigenvalue weighted by Crippen LogP contribution is -2.43. The Morgan fingerprint density at radius 2 is 1.83 bits per heavy atom. The van der Waals surface area contributed by atoms with Crippen LogP contribution in [0.15, 0.2) is 4.99 Å². The second-order valence-electron chi connectivity index (χ2n) is 6.37. The van der Waals surface area contributed by atoms with Crippen LogP contribution >= 0.6 is 11.3 Å². The number of rotatable bonds is 6. The number of hydrogen-bond donors (Lipinski definition) is 3. The quantitative estimate of drug-likeness (QED) is 0.421. The Balaban J connectivity index is 2.47. The Morgan fingerprint density at radius 1 is 1.17 bits per heavy atom. The first kappa shape index (κ1) is 19.4. The van der Waals surface area contributed by atoms with Crippen molar-refractivity contribution in [3.63, 3.8) is 0 Å². The molecular weight excluding hydrogens is 310 g/mol. The zero-order valence-corrected chi connectivity index (χ0v) is 15.9. The number of aliphatic imine (C=N–C) groups is 1. The topological polar surface area (TPSA) is 78.4 Å². The van der Waals surface area contributed by atoms with Crippen LogP contribution in [0.3, 0.4) is 0 Å². The first-order valence-corrected chi connectivity index (χ1v) is 8.79. The van der Waals surface area contributed by atoms with E-state index < -0.39 is 0 Å². The molecule has 0 bridgehead atoms. The second kappa shape index (κ2) is 8.86. The Kier molecular flexibility index (Phi) is 7.48. The van der Waals surface area contributed by atoms with Crippen molar-refractivity contribution in [3.05, 3.63) is 15.6 Å². The summed E-state index contributed by atoms with van der Waals surface area (Å²) in [4.78, 5) is 22.0. The summed E-state index contributed by atoms with van der Waals surface area (Å²) < 4.78 is 0. The fraction of sp³-hybridized carbons (Fsp3) is 0.688. The molecule has 3 N–H and O–H groups in total. The van der Waals surface area contributed by atoms with Gasteiger partial charge in [-0.25, -0.2) is 9.98 Å². The molecule has 0 fully saturated rings. The molecule has 0 atom stereocenters. The molecule has 0 spiro atoms. The average molecular weight is 340 g/mol. The van der Waals surface area contributed by atoms with Crippen LogP contribution in [0.1, 0.15) is 43.3 Å². The van der Waals surface area contributed by atoms with Crippen LogP contribution in [0.2, 0.25) is 0 Å². The average Bonchev–Trinajstić information content (AvgIpc) is 2.77. The summed E-state index contributed by atoms with van der Waals surface area (Å²) in [5.41, 5.74) is 0.685. The molecule has 0 aliphatic rings. The van der Waals surface area contributed by atoms with Gasteiger partial charge in [0.1, 0.15) is 0 Å². The summed E-state index contributed by atoms with van der Waals surface area (Å²) in [6.45, 7) is 14.4. The summed E-state index contributed by atoms with van der Waals surface area (Å²) in [5, 5.41) is 10.4. The molecule has 0 unspecified atom stereocenters. The van der Waals surface area contributed by atoms with Gasteiger partial charge in [-0.05, 0) is 20.8 Å². The second-order valence-corrected chi connectivity index (χ2v) is 7.66. The predicted molar refractivity (Wildman–Crippen MR) is 96.9 cm³/mol. The number of nitrogens with one attached hydrogen (secondary N) is 3. The van der Waals surface area contributed by atoms with E-state index in [-0.39, 0.29) is 11.3 Å². The van der Waals surface area contributed by atoms with E-state index in [0.717, 1.165) is 23.2 Å². The molecule has 0 aromatic carbocycles. The predicted octanol–water partition coefficient (Wildman–Crippen LogP) is 1.98. The number of hydrogen-bond acceptors (Lipinski definition) is 4. The van der Waals surface area contributed by atoms with E-state index in [1.807, 2.05) is 41.5 Å². The van der Waals surface area contributed by atoms with Crippen molar-refractivity contribution in [3.8, 4) is 0 Å². The molecule has 7 heteroatoms. The monoisotopic (exact) mass is 339 g/mol. The van der Waals surface area contributed by atoms with E-state index in [4.69, 9.17) is 0 Å². The summed E-state index contributed by atoms with van der Waals surface area (Å²) in [6, 6.07) is 0. The van der Waals surface area contributed by atoms with Crippen LogP contribution in [0.5, 0.6) is 0 Å². The first-order chi connectivity index (χ1) is 10.7. The van der Waals surface area contributed by atoms with E-state index in [2.05, 4.69) is 25.9 Å². The SMILES string of the molecule is CCNC(=NCc1sc(C)nc1C)NCCNC(=O)C(C)(C)C. The van der Waals surface area contributed by atoms with Crippen LogP contribution in [0.25, 0.3) is 0 Å². The molecule has 1 heterocycles. The molecule has 23 heavy (non-hydrogen) atoms. The van der Waals surface area contributed by atoms with Gasteiger partial charge < -0.3 is 16.0 Å². The number of aryl methyl sites for hydroxylation is 2. The van der Waals surface area contributed by atoms with Gasteiger partial charge >= 0.3 is 0 Å². The maximum atomic E-state index is 11.8. The number of amides is 1. The highest BCUT2D eigenvalue weighted by atomic mass is 32.1. The number of carbonyl (C=O) groups excluding carboxylic acids is 1. The Labute approximate surface area is 143 Å². The van der Waals surface area contributed by atoms with E-state index >= 15 is 0 Å². The Bertz CT molecular complexity index is 545. The maximum absolute atomic E-state index is 11.8. The normalized spacial score (nSPS) is 12.2. The highest BCUT2D eigenvalue weighted by Crippen LogP contribution is 2.17. The number of guanidine groups is 1. The molecule has 1 aromatic heterocycles. The molecule has 1 aromatic rings. The molecule has 0 aliphatic carbocycles. The molecule has 6 nitrogen and oxygen atoms in total. The zero-order valence-electron chi connectivity index (χ0n) is 15.0. The minimum atomic E-state index is -0.361. The van der Waals surface area contributed by atoms with Crippen LogP contribution in [0, 0.1) is 19.3 Å². The van der Waals surface area contributed by atoms with Crippen LogP contribution in [-0.4, -0.2) is 36.5 Å². The largest absolute Gasteiger partial charge is 0.357 e. The highest BCUT2D eigenvalue weighted by Gasteiger charge is 2.20. The summed E-state index contributed by atoms with van der Waals surface area (Å²) in [7, 11) is 0. The Hall–Kier alpha value is -1.63. The minimum absolute atomic E-state index is 0.0528. The molecule has 1 rings (SSSR count). The molecule has 0 radical (unpaired) electrons. The number of aromatic nitrogens is 1. The maximum Gasteiger partial charge on any atom is 0.225 e. The van der Waals surface area contributed by atoms with Gasteiger partial charge in [0.25, 0.3) is 0 Å². The van der Waals surface area contributed by atoms with Crippen LogP contribution in [0.4, 0.5) is 0 Å². The van der Waals surface area contributed by atoms with Gasteiger partial charge in [0.05, 0.1) is 17.2 Å². The van der Waals surface area contributed by atoms with Gasteiger partial charge in [-0.2, -0.15) is 0 Å². The fourth-order valence-corrected chi connectivity index (χ4v) is 2.70. The zero-order chi connectivity index (χ0) is 17.5. The summed E-state index contributed by atoms with van der Waals surface area (Å²) in [6.07, 6.45) is 0. The Morgan fingerprint density at radius 3 is 2.35 bits per heavy atom. The number of carbonyl (C=O) groups is 1. The van der Waals surface area contributed by atoms with Gasteiger partial charge in [0, 0.05) is 29.9 Å². The lowest BCUT2D eigenvalue weighted by atomic mass is 9.96. The van der Waals surface area contributed by atoms with Crippen molar-refractivity contribution >= 4 is 23.2 Å². The van der Waals surface area contributed by atoms with Crippen molar-refractivity contribution < 1.29 is 4.79 Å². The lowest BCUT2D eigenvalue weighted by Gasteiger charge is -2.18. The third-order valence-corrected chi connectivity index (χ3v) is 4.17. The standard InChI is InChI=1S/C16H29N5OS/c1-7-17-15(19-9-8-18-14(22)16(4,5)6)20-10-13-11(2)21-12(3)23-13/h7-10H2,1-6H3,(H,18,22)(H2,17,19,20). The number of nitrogens with zero attached hydrogens (tertiary/aromatic N) is 2. The van der Waals surface area contributed by atoms with E-state index in [9.17, 15) is 4.79 Å². The summed E-state index contributed by atoms with van der Waals surface area (Å²) >= 11 is 1.68. The summed E-state index contributed by atoms with van der Waals surface area (Å²) in [5.74, 6) is 0.806. The molecule has 0 saturated carbocycles. The van der Waals surface area contributed by atoms with Crippen molar-refractivity contribution in [2.45, 2.75) is 48.1 Å². The minimum Gasteiger partial charge on any atom is -0.357 e. The molecule has 1 amide bonds. The van der Waals surface area contributed by atoms with Gasteiger partial charge in [-0.15, -0.1) is 11.3 Å². The number of thiazole rings is 1. The van der Waals surface area contributed by atoms with Crippen molar-refractivity contribution in [2.75, 3.05) is 19.6 Å². The van der Waals surface area contributed by atoms with Crippen molar-refractivity contribution in [1.29, 1.82) is 0 Å². The van der Waals surface area contributed by atoms with Gasteiger partial charge in [-0.3, -0.25) is 4.79 Å². The third-order valence-electron chi connectivity index (χ3n) is 3.11. The van der Waals surface area contributed by atoms with Gasteiger partial charge in [-0.1, -0.05) is 20.8 Å². The first-order valence-electron chi connectivity index (χ1n) is 7.97. The van der Waals surface area contributed by atoms with Crippen LogP contribution < -0.4 is 16.0 Å². The smallest absolute Gasteiger partial charge is 0.225 e. The molecular formula is C16H29N5OS. The highest BCUT2D eigenvalue weighted by molar-refractivity contribution is 7.11. The molecule has 0 saturated heterocycles.